The molecule has 8 heteroatoms. The van der Waals surface area contributed by atoms with Crippen LogP contribution in [0.25, 0.3) is 0 Å². The second-order valence-electron chi connectivity index (χ2n) is 6.24. The zero-order valence-electron chi connectivity index (χ0n) is 15.7. The number of amides is 2. The molecule has 0 heterocycles. The number of nitrogens with one attached hydrogen (secondary N) is 2. The van der Waals surface area contributed by atoms with Gasteiger partial charge in [0.05, 0.1) is 7.11 Å². The van der Waals surface area contributed by atoms with Crippen LogP contribution in [0.3, 0.4) is 0 Å². The molecule has 0 spiro atoms. The highest BCUT2D eigenvalue weighted by atomic mass is 19.1. The van der Waals surface area contributed by atoms with Crippen LogP contribution in [0.2, 0.25) is 0 Å². The van der Waals surface area contributed by atoms with Crippen LogP contribution in [0.4, 0.5) is 4.39 Å². The zero-order chi connectivity index (χ0) is 20.8. The third-order valence-electron chi connectivity index (χ3n) is 4.13. The summed E-state index contributed by atoms with van der Waals surface area (Å²) in [6.07, 6.45) is 0. The van der Waals surface area contributed by atoms with Gasteiger partial charge in [-0.15, -0.1) is 0 Å². The van der Waals surface area contributed by atoms with Crippen molar-refractivity contribution in [3.05, 3.63) is 64.5 Å². The summed E-state index contributed by atoms with van der Waals surface area (Å²) in [4.78, 5) is 36.4. The van der Waals surface area contributed by atoms with Crippen molar-refractivity contribution in [1.29, 1.82) is 0 Å². The van der Waals surface area contributed by atoms with E-state index < -0.39 is 29.6 Å². The quantitative estimate of drug-likeness (QED) is 0.535. The maximum absolute atomic E-state index is 12.9. The maximum atomic E-state index is 12.9. The van der Waals surface area contributed by atoms with Crippen molar-refractivity contribution in [2.45, 2.75) is 26.4 Å². The summed E-state index contributed by atoms with van der Waals surface area (Å²) >= 11 is 0. The highest BCUT2D eigenvalue weighted by Gasteiger charge is 2.27. The summed E-state index contributed by atoms with van der Waals surface area (Å²) in [6.45, 7) is 3.32. The fourth-order valence-electron chi connectivity index (χ4n) is 2.61. The smallest absolute Gasteiger partial charge is 0.333 e. The first-order chi connectivity index (χ1) is 13.2. The summed E-state index contributed by atoms with van der Waals surface area (Å²) in [6, 6.07) is 7.28. The van der Waals surface area contributed by atoms with Gasteiger partial charge in [0.15, 0.2) is 6.04 Å². The van der Waals surface area contributed by atoms with Gasteiger partial charge in [-0.3, -0.25) is 9.59 Å². The fourth-order valence-corrected chi connectivity index (χ4v) is 2.61. The van der Waals surface area contributed by atoms with Crippen molar-refractivity contribution in [1.82, 2.24) is 10.6 Å². The lowest BCUT2D eigenvalue weighted by atomic mass is 10.00. The molecule has 1 atom stereocenters. The number of hydrogen-bond donors (Lipinski definition) is 3. The molecule has 0 saturated heterocycles. The first kappa shape index (κ1) is 20.9. The lowest BCUT2D eigenvalue weighted by molar-refractivity contribution is -0.147. The highest BCUT2D eigenvalue weighted by Crippen LogP contribution is 2.26. The first-order valence-electron chi connectivity index (χ1n) is 8.44. The zero-order valence-corrected chi connectivity index (χ0v) is 15.7. The number of hydrogen-bond acceptors (Lipinski definition) is 5. The predicted molar refractivity (Wildman–Crippen MR) is 98.7 cm³/mol. The molecule has 0 bridgehead atoms. The average molecular weight is 388 g/mol. The van der Waals surface area contributed by atoms with E-state index in [9.17, 15) is 23.9 Å². The van der Waals surface area contributed by atoms with Gasteiger partial charge in [-0.1, -0.05) is 12.1 Å². The number of benzene rings is 2. The van der Waals surface area contributed by atoms with Gasteiger partial charge in [0, 0.05) is 6.54 Å². The third kappa shape index (κ3) is 5.06. The Bertz CT molecular complexity index is 873. The van der Waals surface area contributed by atoms with Crippen molar-refractivity contribution >= 4 is 17.8 Å². The maximum Gasteiger partial charge on any atom is 0.333 e. The molecule has 0 aliphatic heterocycles. The number of carbonyl (C=O) groups excluding carboxylic acids is 3. The summed E-state index contributed by atoms with van der Waals surface area (Å²) in [7, 11) is 1.16. The molecule has 0 aliphatic carbocycles. The van der Waals surface area contributed by atoms with Crippen LogP contribution in [0.1, 0.15) is 28.3 Å². The van der Waals surface area contributed by atoms with Crippen molar-refractivity contribution in [2.75, 3.05) is 7.11 Å². The first-order valence-corrected chi connectivity index (χ1v) is 8.44. The monoisotopic (exact) mass is 388 g/mol. The Morgan fingerprint density at radius 2 is 1.64 bits per heavy atom. The number of aryl methyl sites for hydroxylation is 2. The van der Waals surface area contributed by atoms with Crippen LogP contribution in [0.15, 0.2) is 36.4 Å². The minimum Gasteiger partial charge on any atom is -0.507 e. The third-order valence-corrected chi connectivity index (χ3v) is 4.13. The van der Waals surface area contributed by atoms with Crippen LogP contribution in [0, 0.1) is 19.7 Å². The number of methoxy groups -OCH3 is 1. The molecular formula is C20H21FN2O5. The lowest BCUT2D eigenvalue weighted by Gasteiger charge is -2.18. The van der Waals surface area contributed by atoms with E-state index in [0.29, 0.717) is 22.3 Å². The van der Waals surface area contributed by atoms with Crippen molar-refractivity contribution < 1.29 is 28.6 Å². The number of rotatable bonds is 5. The molecule has 2 aromatic rings. The van der Waals surface area contributed by atoms with E-state index >= 15 is 0 Å². The summed E-state index contributed by atoms with van der Waals surface area (Å²) in [5.41, 5.74) is 2.01. The van der Waals surface area contributed by atoms with Gasteiger partial charge < -0.3 is 20.5 Å². The van der Waals surface area contributed by atoms with Gasteiger partial charge in [0.25, 0.3) is 0 Å². The molecule has 0 saturated carbocycles. The highest BCUT2D eigenvalue weighted by molar-refractivity contribution is 6.35. The van der Waals surface area contributed by atoms with Crippen LogP contribution in [0.5, 0.6) is 5.75 Å². The predicted octanol–water partition coefficient (Wildman–Crippen LogP) is 1.79. The van der Waals surface area contributed by atoms with E-state index in [1.165, 1.54) is 36.4 Å². The molecule has 0 radical (unpaired) electrons. The average Bonchev–Trinajstić information content (AvgIpc) is 2.68. The Hall–Kier alpha value is -3.42. The molecule has 2 aromatic carbocycles. The molecule has 7 nitrogen and oxygen atoms in total. The van der Waals surface area contributed by atoms with Crippen molar-refractivity contribution in [3.8, 4) is 5.75 Å². The summed E-state index contributed by atoms with van der Waals surface area (Å²) in [5, 5.41) is 14.6. The Balaban J connectivity index is 2.11. The molecule has 2 amide bonds. The second-order valence-corrected chi connectivity index (χ2v) is 6.24. The molecular weight excluding hydrogens is 367 g/mol. The Morgan fingerprint density at radius 3 is 2.18 bits per heavy atom. The van der Waals surface area contributed by atoms with Crippen LogP contribution < -0.4 is 10.6 Å². The molecule has 148 valence electrons. The number of esters is 1. The van der Waals surface area contributed by atoms with Gasteiger partial charge in [-0.2, -0.15) is 0 Å². The van der Waals surface area contributed by atoms with Crippen molar-refractivity contribution in [2.24, 2.45) is 0 Å². The van der Waals surface area contributed by atoms with E-state index in [1.807, 2.05) is 0 Å². The lowest BCUT2D eigenvalue weighted by Crippen LogP contribution is -2.43. The number of halogens is 1. The number of carbonyl (C=O) groups is 3. The molecule has 0 aromatic heterocycles. The largest absolute Gasteiger partial charge is 0.507 e. The SMILES string of the molecule is COC(=O)[C@@H](NC(=O)C(=O)NCc1ccc(F)cc1)c1cc(C)c(O)c(C)c1. The van der Waals surface area contributed by atoms with Gasteiger partial charge in [-0.05, 0) is 60.4 Å². The topological polar surface area (TPSA) is 105 Å². The summed E-state index contributed by atoms with van der Waals surface area (Å²) in [5.74, 6) is -3.07. The van der Waals surface area contributed by atoms with E-state index in [1.54, 1.807) is 13.8 Å². The minimum absolute atomic E-state index is 0.0207. The number of phenols is 1. The Labute approximate surface area is 161 Å². The Morgan fingerprint density at radius 1 is 1.07 bits per heavy atom. The fraction of sp³-hybridized carbons (Fsp3) is 0.250. The van der Waals surface area contributed by atoms with E-state index in [-0.39, 0.29) is 12.3 Å². The molecule has 0 aliphatic rings. The normalized spacial score (nSPS) is 11.4. The van der Waals surface area contributed by atoms with E-state index in [0.717, 1.165) is 7.11 Å². The number of phenolic OH excluding ortho intramolecular Hbond substituents is 1. The van der Waals surface area contributed by atoms with Crippen molar-refractivity contribution in [3.63, 3.8) is 0 Å². The van der Waals surface area contributed by atoms with Crippen LogP contribution >= 0.6 is 0 Å². The molecule has 2 rings (SSSR count). The van der Waals surface area contributed by atoms with E-state index in [4.69, 9.17) is 4.74 Å². The minimum atomic E-state index is -1.22. The van der Waals surface area contributed by atoms with Crippen LogP contribution in [-0.4, -0.2) is 30.0 Å². The molecule has 28 heavy (non-hydrogen) atoms. The molecule has 3 N–H and O–H groups in total. The standard InChI is InChI=1S/C20H21FN2O5/c1-11-8-14(9-12(2)17(11)24)16(20(27)28-3)23-19(26)18(25)22-10-13-4-6-15(21)7-5-13/h4-9,16,24H,10H2,1-3H3,(H,22,25)(H,23,26)/t16-/m0/s1. The van der Waals surface area contributed by atoms with Crippen LogP contribution in [-0.2, 0) is 25.7 Å². The molecule has 0 unspecified atom stereocenters. The number of aromatic hydroxyl groups is 1. The van der Waals surface area contributed by atoms with Gasteiger partial charge in [0.1, 0.15) is 11.6 Å². The second kappa shape index (κ2) is 8.98. The van der Waals surface area contributed by atoms with Gasteiger partial charge in [-0.25, -0.2) is 9.18 Å². The number of ether oxygens (including phenoxy) is 1. The van der Waals surface area contributed by atoms with E-state index in [2.05, 4.69) is 10.6 Å². The summed E-state index contributed by atoms with van der Waals surface area (Å²) < 4.78 is 17.6. The van der Waals surface area contributed by atoms with Gasteiger partial charge in [0.2, 0.25) is 0 Å². The molecule has 0 fully saturated rings. The Kier molecular flexibility index (Phi) is 6.70. The van der Waals surface area contributed by atoms with Gasteiger partial charge >= 0.3 is 17.8 Å².